The smallest absolute Gasteiger partial charge is 0.300 e. The molecular formula is C24H19ClFNO5S. The molecule has 2 aromatic carbocycles. The molecule has 1 aliphatic heterocycles. The summed E-state index contributed by atoms with van der Waals surface area (Å²) < 4.78 is 24.2. The summed E-state index contributed by atoms with van der Waals surface area (Å²) in [7, 11) is 2.81. The van der Waals surface area contributed by atoms with Crippen LogP contribution in [0, 0.1) is 12.7 Å². The van der Waals surface area contributed by atoms with Gasteiger partial charge in [-0.1, -0.05) is 11.6 Å². The Hall–Kier alpha value is -3.36. The highest BCUT2D eigenvalue weighted by atomic mass is 35.5. The lowest BCUT2D eigenvalue weighted by Gasteiger charge is -2.25. The summed E-state index contributed by atoms with van der Waals surface area (Å²) in [5.74, 6) is -2.14. The van der Waals surface area contributed by atoms with Crippen LogP contribution in [0.2, 0.25) is 5.02 Å². The van der Waals surface area contributed by atoms with E-state index < -0.39 is 29.3 Å². The molecule has 33 heavy (non-hydrogen) atoms. The Bertz CT molecular complexity index is 1280. The van der Waals surface area contributed by atoms with Crippen molar-refractivity contribution in [2.45, 2.75) is 13.0 Å². The molecule has 9 heteroatoms. The maximum absolute atomic E-state index is 13.5. The van der Waals surface area contributed by atoms with E-state index in [0.717, 1.165) is 5.56 Å². The molecule has 0 bridgehead atoms. The SMILES string of the molecule is COc1cc(/C(O)=C2\C(=O)C(=O)N(c3ccc(F)cc3)C2c2sccc2C)c(OC)cc1Cl. The molecule has 3 aromatic rings. The number of halogens is 2. The van der Waals surface area contributed by atoms with E-state index in [0.29, 0.717) is 10.6 Å². The Morgan fingerprint density at radius 3 is 2.33 bits per heavy atom. The van der Waals surface area contributed by atoms with Gasteiger partial charge < -0.3 is 14.6 Å². The standard InChI is InChI=1S/C24H19ClFNO5S/c1-12-8-9-33-23(12)20-19(21(28)15-10-18(32-3)16(25)11-17(15)31-2)22(29)24(30)27(20)14-6-4-13(26)5-7-14/h4-11,20,28H,1-3H3/b21-19+. The molecule has 1 N–H and O–H groups in total. The van der Waals surface area contributed by atoms with E-state index >= 15 is 0 Å². The second kappa shape index (κ2) is 8.88. The normalized spacial score (nSPS) is 17.5. The Morgan fingerprint density at radius 2 is 1.76 bits per heavy atom. The van der Waals surface area contributed by atoms with Gasteiger partial charge in [-0.15, -0.1) is 11.3 Å². The minimum Gasteiger partial charge on any atom is -0.507 e. The van der Waals surface area contributed by atoms with E-state index in [2.05, 4.69) is 0 Å². The van der Waals surface area contributed by atoms with Gasteiger partial charge in [0.05, 0.1) is 30.4 Å². The van der Waals surface area contributed by atoms with Crippen molar-refractivity contribution in [3.8, 4) is 11.5 Å². The number of aliphatic hydroxyl groups is 1. The third-order valence-corrected chi connectivity index (χ3v) is 6.80. The van der Waals surface area contributed by atoms with Gasteiger partial charge in [-0.2, -0.15) is 0 Å². The molecule has 0 saturated carbocycles. The van der Waals surface area contributed by atoms with E-state index in [4.69, 9.17) is 21.1 Å². The number of ketones is 1. The van der Waals surface area contributed by atoms with Gasteiger partial charge in [0.25, 0.3) is 11.7 Å². The molecular weight excluding hydrogens is 469 g/mol. The van der Waals surface area contributed by atoms with Crippen LogP contribution in [0.5, 0.6) is 11.5 Å². The topological polar surface area (TPSA) is 76.1 Å². The Balaban J connectivity index is 1.99. The maximum atomic E-state index is 13.5. The van der Waals surface area contributed by atoms with Crippen LogP contribution in [0.1, 0.15) is 22.0 Å². The van der Waals surface area contributed by atoms with Gasteiger partial charge in [0, 0.05) is 16.6 Å². The molecule has 6 nitrogen and oxygen atoms in total. The Morgan fingerprint density at radius 1 is 1.09 bits per heavy atom. The Kier molecular flexibility index (Phi) is 6.14. The van der Waals surface area contributed by atoms with Crippen molar-refractivity contribution in [2.75, 3.05) is 19.1 Å². The number of benzene rings is 2. The number of carbonyl (C=O) groups is 2. The summed E-state index contributed by atoms with van der Waals surface area (Å²) >= 11 is 7.53. The molecule has 1 saturated heterocycles. The van der Waals surface area contributed by atoms with Crippen LogP contribution in [0.3, 0.4) is 0 Å². The first-order valence-electron chi connectivity index (χ1n) is 9.81. The minimum absolute atomic E-state index is 0.113. The monoisotopic (exact) mass is 487 g/mol. The number of ether oxygens (including phenoxy) is 2. The number of rotatable bonds is 5. The van der Waals surface area contributed by atoms with Crippen molar-refractivity contribution < 1.29 is 28.6 Å². The summed E-state index contributed by atoms with van der Waals surface area (Å²) in [4.78, 5) is 28.3. The van der Waals surface area contributed by atoms with E-state index in [1.807, 2.05) is 18.4 Å². The number of nitrogens with zero attached hydrogens (tertiary/aromatic N) is 1. The van der Waals surface area contributed by atoms with Gasteiger partial charge in [0.2, 0.25) is 0 Å². The average molecular weight is 488 g/mol. The highest BCUT2D eigenvalue weighted by molar-refractivity contribution is 7.10. The molecule has 0 spiro atoms. The van der Waals surface area contributed by atoms with Crippen LogP contribution in [0.4, 0.5) is 10.1 Å². The third kappa shape index (κ3) is 3.85. The summed E-state index contributed by atoms with van der Waals surface area (Å²) in [6.45, 7) is 1.85. The van der Waals surface area contributed by atoms with E-state index in [1.54, 1.807) is 0 Å². The van der Waals surface area contributed by atoms with Crippen LogP contribution in [-0.4, -0.2) is 31.0 Å². The van der Waals surface area contributed by atoms with Crippen molar-refractivity contribution >= 4 is 46.1 Å². The number of anilines is 1. The lowest BCUT2D eigenvalue weighted by atomic mass is 9.97. The predicted octanol–water partition coefficient (Wildman–Crippen LogP) is 5.49. The molecule has 1 atom stereocenters. The van der Waals surface area contributed by atoms with Gasteiger partial charge in [0.1, 0.15) is 29.1 Å². The highest BCUT2D eigenvalue weighted by Crippen LogP contribution is 2.46. The maximum Gasteiger partial charge on any atom is 0.300 e. The molecule has 170 valence electrons. The van der Waals surface area contributed by atoms with Gasteiger partial charge in [-0.25, -0.2) is 4.39 Å². The average Bonchev–Trinajstić information content (AvgIpc) is 3.34. The number of Topliss-reactive ketones (excluding diaryl/α,β-unsaturated/α-hetero) is 1. The number of carbonyl (C=O) groups excluding carboxylic acids is 2. The molecule has 2 heterocycles. The number of hydrogen-bond acceptors (Lipinski definition) is 6. The lowest BCUT2D eigenvalue weighted by molar-refractivity contribution is -0.132. The number of aliphatic hydroxyl groups excluding tert-OH is 1. The number of thiophene rings is 1. The summed E-state index contributed by atoms with van der Waals surface area (Å²) in [5.41, 5.74) is 1.20. The number of aryl methyl sites for hydroxylation is 1. The van der Waals surface area contributed by atoms with E-state index in [1.165, 1.54) is 66.9 Å². The number of methoxy groups -OCH3 is 2. The lowest BCUT2D eigenvalue weighted by Crippen LogP contribution is -2.29. The van der Waals surface area contributed by atoms with Crippen LogP contribution in [-0.2, 0) is 9.59 Å². The van der Waals surface area contributed by atoms with E-state index in [-0.39, 0.29) is 27.7 Å². The molecule has 0 radical (unpaired) electrons. The van der Waals surface area contributed by atoms with Crippen molar-refractivity contribution in [2.24, 2.45) is 0 Å². The van der Waals surface area contributed by atoms with Crippen molar-refractivity contribution in [1.29, 1.82) is 0 Å². The van der Waals surface area contributed by atoms with Gasteiger partial charge in [-0.3, -0.25) is 14.5 Å². The molecule has 4 rings (SSSR count). The van der Waals surface area contributed by atoms with Crippen LogP contribution in [0.25, 0.3) is 5.76 Å². The van der Waals surface area contributed by atoms with Crippen LogP contribution in [0.15, 0.2) is 53.4 Å². The van der Waals surface area contributed by atoms with Gasteiger partial charge in [-0.05, 0) is 54.3 Å². The number of amides is 1. The summed E-state index contributed by atoms with van der Waals surface area (Å²) in [6, 6.07) is 9.10. The second-order valence-corrected chi connectivity index (χ2v) is 8.66. The summed E-state index contributed by atoms with van der Waals surface area (Å²) in [6.07, 6.45) is 0. The quantitative estimate of drug-likeness (QED) is 0.292. The second-order valence-electron chi connectivity index (χ2n) is 7.30. The third-order valence-electron chi connectivity index (χ3n) is 5.43. The fourth-order valence-corrected chi connectivity index (χ4v) is 5.06. The van der Waals surface area contributed by atoms with Crippen LogP contribution < -0.4 is 14.4 Å². The zero-order valence-corrected chi connectivity index (χ0v) is 19.5. The largest absolute Gasteiger partial charge is 0.507 e. The zero-order chi connectivity index (χ0) is 23.9. The molecule has 1 aliphatic rings. The van der Waals surface area contributed by atoms with Crippen molar-refractivity contribution in [1.82, 2.24) is 0 Å². The fraction of sp³-hybridized carbons (Fsp3) is 0.167. The summed E-state index contributed by atoms with van der Waals surface area (Å²) in [5, 5.41) is 13.4. The molecule has 0 aliphatic carbocycles. The van der Waals surface area contributed by atoms with Gasteiger partial charge in [0.15, 0.2) is 0 Å². The highest BCUT2D eigenvalue weighted by Gasteiger charge is 2.48. The predicted molar refractivity (Wildman–Crippen MR) is 125 cm³/mol. The molecule has 1 fully saturated rings. The molecule has 1 amide bonds. The fourth-order valence-electron chi connectivity index (χ4n) is 3.80. The minimum atomic E-state index is -0.915. The first kappa shape index (κ1) is 22.8. The molecule has 1 unspecified atom stereocenters. The zero-order valence-electron chi connectivity index (χ0n) is 17.9. The first-order valence-corrected chi connectivity index (χ1v) is 11.1. The number of hydrogen-bond donors (Lipinski definition) is 1. The molecule has 1 aromatic heterocycles. The van der Waals surface area contributed by atoms with Gasteiger partial charge >= 0.3 is 0 Å². The van der Waals surface area contributed by atoms with Crippen molar-refractivity contribution in [3.05, 3.63) is 80.3 Å². The Labute approximate surface area is 198 Å². The van der Waals surface area contributed by atoms with Crippen molar-refractivity contribution in [3.63, 3.8) is 0 Å². The first-order chi connectivity index (χ1) is 15.8. The van der Waals surface area contributed by atoms with E-state index in [9.17, 15) is 19.1 Å². The van der Waals surface area contributed by atoms with Crippen LogP contribution >= 0.6 is 22.9 Å².